The first-order valence-electron chi connectivity index (χ1n) is 9.81. The van der Waals surface area contributed by atoms with Gasteiger partial charge in [-0.15, -0.1) is 0 Å². The highest BCUT2D eigenvalue weighted by molar-refractivity contribution is 5.67. The second-order valence-corrected chi connectivity index (χ2v) is 7.03. The average molecular weight is 374 g/mol. The molecule has 3 aromatic rings. The minimum Gasteiger partial charge on any atom is -0.496 e. The van der Waals surface area contributed by atoms with Crippen molar-refractivity contribution in [1.29, 1.82) is 0 Å². The summed E-state index contributed by atoms with van der Waals surface area (Å²) in [6, 6.07) is 18.8. The minimum atomic E-state index is 0.778. The number of para-hydroxylation sites is 2. The van der Waals surface area contributed by atoms with Gasteiger partial charge in [-0.2, -0.15) is 0 Å². The third-order valence-corrected chi connectivity index (χ3v) is 5.10. The summed E-state index contributed by atoms with van der Waals surface area (Å²) in [4.78, 5) is 11.6. The average Bonchev–Trinajstić information content (AvgIpc) is 2.73. The highest BCUT2D eigenvalue weighted by Gasteiger charge is 2.19. The first-order chi connectivity index (χ1) is 13.7. The lowest BCUT2D eigenvalue weighted by Crippen LogP contribution is -2.25. The number of nitrogens with one attached hydrogen (secondary N) is 1. The van der Waals surface area contributed by atoms with Gasteiger partial charge in [-0.1, -0.05) is 36.4 Å². The molecule has 0 bridgehead atoms. The molecule has 1 N–H and O–H groups in total. The van der Waals surface area contributed by atoms with Gasteiger partial charge in [0.1, 0.15) is 23.2 Å². The van der Waals surface area contributed by atoms with Crippen molar-refractivity contribution in [2.24, 2.45) is 0 Å². The molecule has 0 radical (unpaired) electrons. The van der Waals surface area contributed by atoms with Gasteiger partial charge in [0.2, 0.25) is 0 Å². The van der Waals surface area contributed by atoms with Crippen molar-refractivity contribution < 1.29 is 4.74 Å². The van der Waals surface area contributed by atoms with Crippen molar-refractivity contribution in [3.05, 3.63) is 71.5 Å². The second-order valence-electron chi connectivity index (χ2n) is 7.03. The van der Waals surface area contributed by atoms with Crippen LogP contribution in [0.5, 0.6) is 5.75 Å². The molecule has 1 aromatic heterocycles. The van der Waals surface area contributed by atoms with E-state index in [0.717, 1.165) is 55.6 Å². The first kappa shape index (κ1) is 18.3. The van der Waals surface area contributed by atoms with Gasteiger partial charge in [0.25, 0.3) is 0 Å². The summed E-state index contributed by atoms with van der Waals surface area (Å²) in [5.74, 6) is 3.52. The number of rotatable bonds is 6. The molecule has 2 aromatic carbocycles. The van der Waals surface area contributed by atoms with Crippen LogP contribution in [0.25, 0.3) is 0 Å². The zero-order valence-electron chi connectivity index (χ0n) is 16.5. The highest BCUT2D eigenvalue weighted by Crippen LogP contribution is 2.33. The fourth-order valence-corrected chi connectivity index (χ4v) is 3.79. The number of benzene rings is 2. The Labute approximate surface area is 166 Å². The van der Waals surface area contributed by atoms with Crippen molar-refractivity contribution >= 4 is 17.3 Å². The fourth-order valence-electron chi connectivity index (χ4n) is 3.79. The molecule has 0 saturated heterocycles. The van der Waals surface area contributed by atoms with Crippen molar-refractivity contribution in [2.75, 3.05) is 30.4 Å². The number of methoxy groups -OCH3 is 1. The number of fused-ring (bicyclic) bond motifs is 1. The molecule has 0 atom stereocenters. The fraction of sp³-hybridized carbons (Fsp3) is 0.304. The molecule has 0 unspecified atom stereocenters. The Bertz CT molecular complexity index is 957. The summed E-state index contributed by atoms with van der Waals surface area (Å²) in [6.07, 6.45) is 3.13. The van der Waals surface area contributed by atoms with E-state index in [9.17, 15) is 0 Å². The molecule has 2 heterocycles. The Morgan fingerprint density at radius 3 is 2.79 bits per heavy atom. The first-order valence-corrected chi connectivity index (χ1v) is 9.81. The molecule has 0 spiro atoms. The molecule has 1 aliphatic heterocycles. The number of hydrogen-bond donors (Lipinski definition) is 1. The molecule has 0 fully saturated rings. The third kappa shape index (κ3) is 3.93. The van der Waals surface area contributed by atoms with Gasteiger partial charge in [-0.05, 0) is 49.4 Å². The number of hydrogen-bond acceptors (Lipinski definition) is 5. The molecule has 0 amide bonds. The van der Waals surface area contributed by atoms with E-state index in [2.05, 4.69) is 51.6 Å². The zero-order chi connectivity index (χ0) is 19.3. The van der Waals surface area contributed by atoms with Crippen LogP contribution in [0.2, 0.25) is 0 Å². The maximum atomic E-state index is 5.44. The molecule has 1 aliphatic rings. The van der Waals surface area contributed by atoms with Crippen LogP contribution in [0, 0.1) is 6.92 Å². The van der Waals surface area contributed by atoms with Gasteiger partial charge in [0.15, 0.2) is 0 Å². The van der Waals surface area contributed by atoms with Crippen LogP contribution in [0.3, 0.4) is 0 Å². The summed E-state index contributed by atoms with van der Waals surface area (Å²) in [7, 11) is 1.71. The smallest absolute Gasteiger partial charge is 0.138 e. The maximum absolute atomic E-state index is 5.44. The number of aromatic nitrogens is 2. The molecular weight excluding hydrogens is 348 g/mol. The van der Waals surface area contributed by atoms with E-state index < -0.39 is 0 Å². The lowest BCUT2D eigenvalue weighted by atomic mass is 10.0. The quantitative estimate of drug-likeness (QED) is 0.687. The van der Waals surface area contributed by atoms with Crippen molar-refractivity contribution in [3.63, 3.8) is 0 Å². The van der Waals surface area contributed by atoms with E-state index in [1.54, 1.807) is 7.11 Å². The van der Waals surface area contributed by atoms with Crippen LogP contribution in [0.4, 0.5) is 17.3 Å². The molecule has 28 heavy (non-hydrogen) atoms. The Morgan fingerprint density at radius 1 is 1.07 bits per heavy atom. The summed E-state index contributed by atoms with van der Waals surface area (Å²) in [5, 5.41) is 3.46. The Hall–Kier alpha value is -3.08. The van der Waals surface area contributed by atoms with E-state index >= 15 is 0 Å². The number of ether oxygens (including phenoxy) is 1. The van der Waals surface area contributed by atoms with E-state index in [1.807, 2.05) is 25.1 Å². The minimum absolute atomic E-state index is 0.778. The number of anilines is 3. The Morgan fingerprint density at radius 2 is 1.89 bits per heavy atom. The van der Waals surface area contributed by atoms with Gasteiger partial charge in [0, 0.05) is 24.8 Å². The second kappa shape index (κ2) is 8.30. The van der Waals surface area contributed by atoms with E-state index in [0.29, 0.717) is 0 Å². The van der Waals surface area contributed by atoms with Crippen molar-refractivity contribution in [2.45, 2.75) is 26.2 Å². The monoisotopic (exact) mass is 374 g/mol. The molecule has 5 heteroatoms. The lowest BCUT2D eigenvalue weighted by molar-refractivity contribution is 0.410. The summed E-state index contributed by atoms with van der Waals surface area (Å²) >= 11 is 0. The molecule has 144 valence electrons. The lowest BCUT2D eigenvalue weighted by Gasteiger charge is -2.30. The van der Waals surface area contributed by atoms with Crippen molar-refractivity contribution in [3.8, 4) is 5.75 Å². The van der Waals surface area contributed by atoms with Crippen LogP contribution in [0.15, 0.2) is 54.6 Å². The number of aryl methyl sites for hydroxylation is 2. The Kier molecular flexibility index (Phi) is 5.42. The maximum Gasteiger partial charge on any atom is 0.138 e. The third-order valence-electron chi connectivity index (χ3n) is 5.10. The van der Waals surface area contributed by atoms with Crippen molar-refractivity contribution in [1.82, 2.24) is 9.97 Å². The predicted octanol–water partition coefficient (Wildman–Crippen LogP) is 4.53. The molecular formula is C23H26N4O. The van der Waals surface area contributed by atoms with E-state index in [4.69, 9.17) is 9.72 Å². The van der Waals surface area contributed by atoms with Gasteiger partial charge >= 0.3 is 0 Å². The van der Waals surface area contributed by atoms with Gasteiger partial charge in [-0.25, -0.2) is 9.97 Å². The van der Waals surface area contributed by atoms with Gasteiger partial charge in [-0.3, -0.25) is 0 Å². The van der Waals surface area contributed by atoms with E-state index in [1.165, 1.54) is 16.8 Å². The standard InChI is InChI=1S/C23H26N4O/c1-17-25-22(24-14-13-19-9-4-6-12-21(19)28-2)16-23(26-17)27-15-7-10-18-8-3-5-11-20(18)27/h3-6,8-9,11-12,16H,7,10,13-15H2,1-2H3,(H,24,25,26). The SMILES string of the molecule is COc1ccccc1CCNc1cc(N2CCCc3ccccc32)nc(C)n1. The number of nitrogens with zero attached hydrogens (tertiary/aromatic N) is 3. The predicted molar refractivity (Wildman–Crippen MR) is 114 cm³/mol. The van der Waals surface area contributed by atoms with Crippen LogP contribution < -0.4 is 15.0 Å². The topological polar surface area (TPSA) is 50.3 Å². The van der Waals surface area contributed by atoms with Crippen LogP contribution in [0.1, 0.15) is 23.4 Å². The normalized spacial score (nSPS) is 13.1. The molecule has 4 rings (SSSR count). The summed E-state index contributed by atoms with van der Waals surface area (Å²) in [5.41, 5.74) is 3.83. The van der Waals surface area contributed by atoms with Gasteiger partial charge in [0.05, 0.1) is 7.11 Å². The summed E-state index contributed by atoms with van der Waals surface area (Å²) < 4.78 is 5.44. The zero-order valence-corrected chi connectivity index (χ0v) is 16.5. The summed E-state index contributed by atoms with van der Waals surface area (Å²) in [6.45, 7) is 3.71. The molecule has 5 nitrogen and oxygen atoms in total. The van der Waals surface area contributed by atoms with Crippen LogP contribution >= 0.6 is 0 Å². The Balaban J connectivity index is 1.50. The van der Waals surface area contributed by atoms with E-state index in [-0.39, 0.29) is 0 Å². The van der Waals surface area contributed by atoms with Crippen LogP contribution in [-0.4, -0.2) is 30.2 Å². The molecule has 0 saturated carbocycles. The molecule has 0 aliphatic carbocycles. The highest BCUT2D eigenvalue weighted by atomic mass is 16.5. The van der Waals surface area contributed by atoms with Crippen LogP contribution in [-0.2, 0) is 12.8 Å². The largest absolute Gasteiger partial charge is 0.496 e. The van der Waals surface area contributed by atoms with Gasteiger partial charge < -0.3 is 15.0 Å².